The van der Waals surface area contributed by atoms with E-state index in [1.165, 1.54) is 6.92 Å². The number of ether oxygens (including phenoxy) is 1. The number of anilines is 1. The molecule has 0 aliphatic carbocycles. The summed E-state index contributed by atoms with van der Waals surface area (Å²) < 4.78 is 17.4. The molecule has 0 saturated carbocycles. The van der Waals surface area contributed by atoms with Gasteiger partial charge in [-0.05, 0) is 48.4 Å². The van der Waals surface area contributed by atoms with Crippen LogP contribution in [0.25, 0.3) is 0 Å². The maximum Gasteiger partial charge on any atom is 0.221 e. The summed E-state index contributed by atoms with van der Waals surface area (Å²) in [4.78, 5) is 11.7. The van der Waals surface area contributed by atoms with Crippen LogP contribution in [0.2, 0.25) is 0 Å². The topological polar surface area (TPSA) is 55.4 Å². The van der Waals surface area contributed by atoms with E-state index in [4.69, 9.17) is 4.74 Å². The Hall–Kier alpha value is -2.14. The standard InChI is InChI=1S/C17H19NO3S/c1-13(19)18-15-5-9-17(10-6-15)22(20)12-11-14-3-7-16(21-2)8-4-14/h3-10H,11-12H2,1-2H3,(H,18,19)/t22-/m1/s1. The van der Waals surface area contributed by atoms with Crippen LogP contribution in [-0.2, 0) is 22.0 Å². The van der Waals surface area contributed by atoms with Crippen molar-refractivity contribution in [1.29, 1.82) is 0 Å². The molecule has 1 N–H and O–H groups in total. The van der Waals surface area contributed by atoms with Crippen LogP contribution in [0, 0.1) is 0 Å². The fourth-order valence-electron chi connectivity index (χ4n) is 2.01. The van der Waals surface area contributed by atoms with E-state index >= 15 is 0 Å². The van der Waals surface area contributed by atoms with Crippen molar-refractivity contribution in [3.63, 3.8) is 0 Å². The quantitative estimate of drug-likeness (QED) is 0.891. The first kappa shape index (κ1) is 16.2. The van der Waals surface area contributed by atoms with E-state index < -0.39 is 10.8 Å². The Balaban J connectivity index is 1.92. The lowest BCUT2D eigenvalue weighted by atomic mass is 10.2. The summed E-state index contributed by atoms with van der Waals surface area (Å²) in [6.45, 7) is 1.46. The van der Waals surface area contributed by atoms with Gasteiger partial charge in [0.1, 0.15) is 5.75 Å². The van der Waals surface area contributed by atoms with Gasteiger partial charge < -0.3 is 10.1 Å². The molecule has 1 atom stereocenters. The van der Waals surface area contributed by atoms with Crippen LogP contribution < -0.4 is 10.1 Å². The van der Waals surface area contributed by atoms with Gasteiger partial charge >= 0.3 is 0 Å². The van der Waals surface area contributed by atoms with Crippen molar-refractivity contribution in [3.05, 3.63) is 54.1 Å². The predicted molar refractivity (Wildman–Crippen MR) is 88.7 cm³/mol. The van der Waals surface area contributed by atoms with E-state index in [2.05, 4.69) is 5.32 Å². The summed E-state index contributed by atoms with van der Waals surface area (Å²) >= 11 is 0. The minimum Gasteiger partial charge on any atom is -0.497 e. The number of methoxy groups -OCH3 is 1. The average Bonchev–Trinajstić information content (AvgIpc) is 2.53. The molecule has 0 fully saturated rings. The fraction of sp³-hybridized carbons (Fsp3) is 0.235. The highest BCUT2D eigenvalue weighted by atomic mass is 32.2. The van der Waals surface area contributed by atoms with E-state index in [1.807, 2.05) is 24.3 Å². The number of aryl methyl sites for hydroxylation is 1. The molecule has 0 aliphatic rings. The van der Waals surface area contributed by atoms with E-state index in [1.54, 1.807) is 31.4 Å². The lowest BCUT2D eigenvalue weighted by Crippen LogP contribution is -2.06. The average molecular weight is 317 g/mol. The van der Waals surface area contributed by atoms with Crippen molar-refractivity contribution in [2.45, 2.75) is 18.2 Å². The van der Waals surface area contributed by atoms with Crippen LogP contribution in [0.4, 0.5) is 5.69 Å². The zero-order valence-electron chi connectivity index (χ0n) is 12.7. The van der Waals surface area contributed by atoms with Crippen molar-refractivity contribution in [1.82, 2.24) is 0 Å². The number of hydrogen-bond acceptors (Lipinski definition) is 3. The zero-order valence-corrected chi connectivity index (χ0v) is 13.5. The van der Waals surface area contributed by atoms with Gasteiger partial charge in [-0.15, -0.1) is 0 Å². The molecule has 0 radical (unpaired) electrons. The molecule has 116 valence electrons. The van der Waals surface area contributed by atoms with E-state index in [0.717, 1.165) is 22.6 Å². The second-order valence-electron chi connectivity index (χ2n) is 4.85. The molecule has 4 nitrogen and oxygen atoms in total. The highest BCUT2D eigenvalue weighted by molar-refractivity contribution is 7.85. The molecular weight excluding hydrogens is 298 g/mol. The van der Waals surface area contributed by atoms with Gasteiger partial charge in [0.2, 0.25) is 5.91 Å². The van der Waals surface area contributed by atoms with Gasteiger partial charge in [-0.3, -0.25) is 9.00 Å². The van der Waals surface area contributed by atoms with Crippen LogP contribution in [0.1, 0.15) is 12.5 Å². The molecule has 2 aromatic carbocycles. The van der Waals surface area contributed by atoms with Crippen LogP contribution in [0.5, 0.6) is 5.75 Å². The minimum atomic E-state index is -1.06. The smallest absolute Gasteiger partial charge is 0.221 e. The molecule has 22 heavy (non-hydrogen) atoms. The first-order valence-corrected chi connectivity index (χ1v) is 8.29. The molecule has 0 unspecified atom stereocenters. The molecule has 0 saturated heterocycles. The number of benzene rings is 2. The highest BCUT2D eigenvalue weighted by Crippen LogP contribution is 2.15. The van der Waals surface area contributed by atoms with Crippen molar-refractivity contribution >= 4 is 22.4 Å². The number of amides is 1. The van der Waals surface area contributed by atoms with Crippen molar-refractivity contribution in [2.24, 2.45) is 0 Å². The van der Waals surface area contributed by atoms with Gasteiger partial charge in [0.15, 0.2) is 0 Å². The molecule has 1 amide bonds. The zero-order chi connectivity index (χ0) is 15.9. The second kappa shape index (κ2) is 7.75. The summed E-state index contributed by atoms with van der Waals surface area (Å²) in [5, 5.41) is 2.69. The third kappa shape index (κ3) is 4.70. The van der Waals surface area contributed by atoms with Crippen LogP contribution in [0.15, 0.2) is 53.4 Å². The summed E-state index contributed by atoms with van der Waals surface area (Å²) in [5.74, 6) is 1.26. The molecule has 2 aromatic rings. The number of carbonyl (C=O) groups is 1. The minimum absolute atomic E-state index is 0.117. The van der Waals surface area contributed by atoms with Gasteiger partial charge in [0.05, 0.1) is 17.9 Å². The Labute approximate surface area is 133 Å². The van der Waals surface area contributed by atoms with E-state index in [-0.39, 0.29) is 5.91 Å². The van der Waals surface area contributed by atoms with Gasteiger partial charge in [-0.1, -0.05) is 12.1 Å². The number of nitrogens with one attached hydrogen (secondary N) is 1. The Kier molecular flexibility index (Phi) is 5.72. The molecule has 0 aromatic heterocycles. The van der Waals surface area contributed by atoms with Gasteiger partial charge in [-0.2, -0.15) is 0 Å². The fourth-order valence-corrected chi connectivity index (χ4v) is 3.11. The van der Waals surface area contributed by atoms with Crippen molar-refractivity contribution in [2.75, 3.05) is 18.2 Å². The molecule has 0 spiro atoms. The third-order valence-electron chi connectivity index (χ3n) is 3.17. The van der Waals surface area contributed by atoms with Crippen LogP contribution >= 0.6 is 0 Å². The molecule has 0 aliphatic heterocycles. The summed E-state index contributed by atoms with van der Waals surface area (Å²) in [6.07, 6.45) is 0.740. The van der Waals surface area contributed by atoms with Gasteiger partial charge in [0, 0.05) is 23.3 Å². The third-order valence-corrected chi connectivity index (χ3v) is 4.55. The van der Waals surface area contributed by atoms with Gasteiger partial charge in [0.25, 0.3) is 0 Å². The Morgan fingerprint density at radius 3 is 2.27 bits per heavy atom. The summed E-state index contributed by atoms with van der Waals surface area (Å²) in [6, 6.07) is 14.9. The Bertz CT molecular complexity index is 651. The lowest BCUT2D eigenvalue weighted by Gasteiger charge is -2.06. The van der Waals surface area contributed by atoms with Crippen molar-refractivity contribution in [3.8, 4) is 5.75 Å². The second-order valence-corrected chi connectivity index (χ2v) is 6.42. The molecule has 5 heteroatoms. The van der Waals surface area contributed by atoms with Gasteiger partial charge in [-0.25, -0.2) is 0 Å². The maximum atomic E-state index is 12.3. The Morgan fingerprint density at radius 1 is 1.09 bits per heavy atom. The number of carbonyl (C=O) groups excluding carboxylic acids is 1. The molecular formula is C17H19NO3S. The number of hydrogen-bond donors (Lipinski definition) is 1. The first-order valence-electron chi connectivity index (χ1n) is 6.97. The van der Waals surface area contributed by atoms with Crippen LogP contribution in [-0.4, -0.2) is 23.0 Å². The lowest BCUT2D eigenvalue weighted by molar-refractivity contribution is -0.114. The van der Waals surface area contributed by atoms with Crippen LogP contribution in [0.3, 0.4) is 0 Å². The van der Waals surface area contributed by atoms with E-state index in [9.17, 15) is 9.00 Å². The molecule has 2 rings (SSSR count). The van der Waals surface area contributed by atoms with E-state index in [0.29, 0.717) is 11.4 Å². The summed E-state index contributed by atoms with van der Waals surface area (Å²) in [7, 11) is 0.578. The first-order chi connectivity index (χ1) is 10.6. The summed E-state index contributed by atoms with van der Waals surface area (Å²) in [5.41, 5.74) is 1.84. The monoisotopic (exact) mass is 317 g/mol. The largest absolute Gasteiger partial charge is 0.497 e. The maximum absolute atomic E-state index is 12.3. The number of rotatable bonds is 6. The normalized spacial score (nSPS) is 11.7. The van der Waals surface area contributed by atoms with Crippen molar-refractivity contribution < 1.29 is 13.7 Å². The highest BCUT2D eigenvalue weighted by Gasteiger charge is 2.05. The molecule has 0 heterocycles. The Morgan fingerprint density at radius 2 is 1.73 bits per heavy atom. The molecule has 0 bridgehead atoms. The SMILES string of the molecule is COc1ccc(CC[S@@](=O)c2ccc(NC(C)=O)cc2)cc1. The predicted octanol–water partition coefficient (Wildman–Crippen LogP) is 3.00.